The maximum atomic E-state index is 13.0. The number of carbonyl (C=O) groups excluding carboxylic acids is 1. The molecular formula is C15H14FNO3. The molecule has 2 aromatic rings. The van der Waals surface area contributed by atoms with Crippen molar-refractivity contribution in [2.45, 2.75) is 6.42 Å². The van der Waals surface area contributed by atoms with Crippen LogP contribution in [0, 0.1) is 5.82 Å². The Morgan fingerprint density at radius 1 is 1.10 bits per heavy atom. The lowest BCUT2D eigenvalue weighted by molar-refractivity contribution is 0.0951. The molecule has 4 nitrogen and oxygen atoms in total. The van der Waals surface area contributed by atoms with E-state index in [0.29, 0.717) is 13.0 Å². The fourth-order valence-electron chi connectivity index (χ4n) is 1.77. The molecule has 2 rings (SSSR count). The normalized spacial score (nSPS) is 10.2. The van der Waals surface area contributed by atoms with Crippen molar-refractivity contribution in [1.29, 1.82) is 0 Å². The Labute approximate surface area is 115 Å². The summed E-state index contributed by atoms with van der Waals surface area (Å²) < 4.78 is 13.0. The van der Waals surface area contributed by atoms with Crippen molar-refractivity contribution >= 4 is 5.91 Å². The van der Waals surface area contributed by atoms with E-state index in [9.17, 15) is 14.3 Å². The van der Waals surface area contributed by atoms with Crippen LogP contribution in [0.5, 0.6) is 11.5 Å². The predicted octanol–water partition coefficient (Wildman–Crippen LogP) is 2.21. The molecule has 0 aliphatic carbocycles. The number of hydrogen-bond donors (Lipinski definition) is 3. The molecule has 0 unspecified atom stereocenters. The molecule has 3 N–H and O–H groups in total. The summed E-state index contributed by atoms with van der Waals surface area (Å²) in [6.45, 7) is 0.347. The second-order valence-corrected chi connectivity index (χ2v) is 4.33. The Balaban J connectivity index is 1.92. The summed E-state index contributed by atoms with van der Waals surface area (Å²) in [6, 6.07) is 9.85. The fourth-order valence-corrected chi connectivity index (χ4v) is 1.77. The Morgan fingerprint density at radius 3 is 2.50 bits per heavy atom. The zero-order chi connectivity index (χ0) is 14.5. The molecule has 0 radical (unpaired) electrons. The highest BCUT2D eigenvalue weighted by Crippen LogP contribution is 2.17. The van der Waals surface area contributed by atoms with Gasteiger partial charge in [-0.15, -0.1) is 0 Å². The van der Waals surface area contributed by atoms with Crippen LogP contribution in [0.25, 0.3) is 0 Å². The van der Waals surface area contributed by atoms with Crippen molar-refractivity contribution in [1.82, 2.24) is 5.32 Å². The van der Waals surface area contributed by atoms with E-state index in [0.717, 1.165) is 23.8 Å². The minimum Gasteiger partial charge on any atom is -0.508 e. The molecule has 0 aromatic heterocycles. The van der Waals surface area contributed by atoms with Gasteiger partial charge >= 0.3 is 0 Å². The van der Waals surface area contributed by atoms with Gasteiger partial charge in [-0.1, -0.05) is 12.1 Å². The smallest absolute Gasteiger partial charge is 0.255 e. The third kappa shape index (κ3) is 3.47. The monoisotopic (exact) mass is 275 g/mol. The van der Waals surface area contributed by atoms with Gasteiger partial charge in [0.1, 0.15) is 17.3 Å². The van der Waals surface area contributed by atoms with Crippen molar-refractivity contribution in [3.05, 3.63) is 59.4 Å². The SMILES string of the molecule is O=C(NCCc1ccc(O)cc1)c1cc(F)ccc1O. The highest BCUT2D eigenvalue weighted by Gasteiger charge is 2.11. The standard InChI is InChI=1S/C15H14FNO3/c16-11-3-6-14(19)13(9-11)15(20)17-8-7-10-1-4-12(18)5-2-10/h1-6,9,18-19H,7-8H2,(H,17,20). The second-order valence-electron chi connectivity index (χ2n) is 4.33. The Bertz CT molecular complexity index is 611. The molecule has 5 heteroatoms. The number of rotatable bonds is 4. The van der Waals surface area contributed by atoms with Crippen LogP contribution >= 0.6 is 0 Å². The summed E-state index contributed by atoms with van der Waals surface area (Å²) in [5, 5.41) is 21.2. The summed E-state index contributed by atoms with van der Waals surface area (Å²) in [6.07, 6.45) is 0.572. The minimum absolute atomic E-state index is 0.0873. The van der Waals surface area contributed by atoms with Gasteiger partial charge in [-0.3, -0.25) is 4.79 Å². The van der Waals surface area contributed by atoms with Gasteiger partial charge in [-0.05, 0) is 42.3 Å². The average molecular weight is 275 g/mol. The summed E-state index contributed by atoms with van der Waals surface area (Å²) in [4.78, 5) is 11.8. The van der Waals surface area contributed by atoms with E-state index in [1.165, 1.54) is 0 Å². The van der Waals surface area contributed by atoms with Gasteiger partial charge in [0.2, 0.25) is 0 Å². The third-order valence-electron chi connectivity index (χ3n) is 2.84. The van der Waals surface area contributed by atoms with Gasteiger partial charge in [0.15, 0.2) is 0 Å². The van der Waals surface area contributed by atoms with E-state index in [-0.39, 0.29) is 17.1 Å². The van der Waals surface area contributed by atoms with E-state index in [1.54, 1.807) is 24.3 Å². The summed E-state index contributed by atoms with van der Waals surface area (Å²) in [7, 11) is 0. The number of halogens is 1. The quantitative estimate of drug-likeness (QED) is 0.801. The summed E-state index contributed by atoms with van der Waals surface area (Å²) >= 11 is 0. The van der Waals surface area contributed by atoms with Gasteiger partial charge in [0, 0.05) is 6.54 Å². The molecule has 104 valence electrons. The van der Waals surface area contributed by atoms with Gasteiger partial charge < -0.3 is 15.5 Å². The number of hydrogen-bond acceptors (Lipinski definition) is 3. The Hall–Kier alpha value is -2.56. The Kier molecular flexibility index (Phi) is 4.20. The van der Waals surface area contributed by atoms with Crippen LogP contribution in [0.4, 0.5) is 4.39 Å². The van der Waals surface area contributed by atoms with Crippen LogP contribution in [0.3, 0.4) is 0 Å². The molecule has 20 heavy (non-hydrogen) atoms. The van der Waals surface area contributed by atoms with Crippen molar-refractivity contribution in [3.63, 3.8) is 0 Å². The zero-order valence-corrected chi connectivity index (χ0v) is 10.6. The molecular weight excluding hydrogens is 261 g/mol. The molecule has 0 atom stereocenters. The number of nitrogens with one attached hydrogen (secondary N) is 1. The van der Waals surface area contributed by atoms with Crippen molar-refractivity contribution in [3.8, 4) is 11.5 Å². The molecule has 2 aromatic carbocycles. The van der Waals surface area contributed by atoms with E-state index < -0.39 is 11.7 Å². The van der Waals surface area contributed by atoms with E-state index in [1.807, 2.05) is 0 Å². The maximum Gasteiger partial charge on any atom is 0.255 e. The van der Waals surface area contributed by atoms with Gasteiger partial charge in [-0.2, -0.15) is 0 Å². The van der Waals surface area contributed by atoms with Crippen molar-refractivity contribution in [2.75, 3.05) is 6.54 Å². The molecule has 0 aliphatic rings. The topological polar surface area (TPSA) is 69.6 Å². The largest absolute Gasteiger partial charge is 0.508 e. The van der Waals surface area contributed by atoms with Crippen molar-refractivity contribution in [2.24, 2.45) is 0 Å². The van der Waals surface area contributed by atoms with Crippen LogP contribution in [-0.2, 0) is 6.42 Å². The molecule has 0 heterocycles. The zero-order valence-electron chi connectivity index (χ0n) is 10.6. The number of benzene rings is 2. The number of aromatic hydroxyl groups is 2. The molecule has 0 saturated heterocycles. The lowest BCUT2D eigenvalue weighted by Crippen LogP contribution is -2.25. The van der Waals surface area contributed by atoms with Crippen LogP contribution < -0.4 is 5.32 Å². The minimum atomic E-state index is -0.577. The summed E-state index contributed by atoms with van der Waals surface area (Å²) in [5.41, 5.74) is 0.863. The first-order valence-electron chi connectivity index (χ1n) is 6.11. The lowest BCUT2D eigenvalue weighted by Gasteiger charge is -2.07. The van der Waals surface area contributed by atoms with Crippen LogP contribution in [-0.4, -0.2) is 22.7 Å². The molecule has 1 amide bonds. The molecule has 0 bridgehead atoms. The number of carbonyl (C=O) groups is 1. The first-order chi connectivity index (χ1) is 9.56. The molecule has 0 aliphatic heterocycles. The van der Waals surface area contributed by atoms with E-state index >= 15 is 0 Å². The molecule has 0 saturated carbocycles. The molecule has 0 fully saturated rings. The van der Waals surface area contributed by atoms with Crippen LogP contribution in [0.2, 0.25) is 0 Å². The first-order valence-corrected chi connectivity index (χ1v) is 6.11. The maximum absolute atomic E-state index is 13.0. The van der Waals surface area contributed by atoms with Gasteiger partial charge in [0.25, 0.3) is 5.91 Å². The Morgan fingerprint density at radius 2 is 1.80 bits per heavy atom. The fraction of sp³-hybridized carbons (Fsp3) is 0.133. The van der Waals surface area contributed by atoms with Crippen molar-refractivity contribution < 1.29 is 19.4 Å². The van der Waals surface area contributed by atoms with Gasteiger partial charge in [0.05, 0.1) is 5.56 Å². The van der Waals surface area contributed by atoms with Crippen LogP contribution in [0.15, 0.2) is 42.5 Å². The number of phenolic OH excluding ortho intramolecular Hbond substituents is 2. The van der Waals surface area contributed by atoms with E-state index in [2.05, 4.69) is 5.32 Å². The molecule has 0 spiro atoms. The van der Waals surface area contributed by atoms with Gasteiger partial charge in [-0.25, -0.2) is 4.39 Å². The first kappa shape index (κ1) is 13.9. The number of amides is 1. The summed E-state index contributed by atoms with van der Waals surface area (Å²) in [5.74, 6) is -1.18. The van der Waals surface area contributed by atoms with E-state index in [4.69, 9.17) is 5.11 Å². The second kappa shape index (κ2) is 6.06. The van der Waals surface area contributed by atoms with Crippen LogP contribution in [0.1, 0.15) is 15.9 Å². The number of phenols is 2. The highest BCUT2D eigenvalue weighted by atomic mass is 19.1. The lowest BCUT2D eigenvalue weighted by atomic mass is 10.1. The average Bonchev–Trinajstić information content (AvgIpc) is 2.43. The predicted molar refractivity (Wildman–Crippen MR) is 72.2 cm³/mol. The highest BCUT2D eigenvalue weighted by molar-refractivity contribution is 5.96. The third-order valence-corrected chi connectivity index (χ3v) is 2.84.